The van der Waals surface area contributed by atoms with Gasteiger partial charge >= 0.3 is 0 Å². The fourth-order valence-electron chi connectivity index (χ4n) is 2.66. The van der Waals surface area contributed by atoms with Gasteiger partial charge < -0.3 is 10.2 Å². The molecule has 1 aromatic rings. The Morgan fingerprint density at radius 1 is 1.45 bits per heavy atom. The zero-order chi connectivity index (χ0) is 14.2. The average Bonchev–Trinajstić information content (AvgIpc) is 3.00. The Balaban J connectivity index is 1.66. The lowest BCUT2D eigenvalue weighted by molar-refractivity contribution is -0.122. The van der Waals surface area contributed by atoms with Crippen molar-refractivity contribution in [2.45, 2.75) is 51.5 Å². The molecule has 1 fully saturated rings. The first-order valence-corrected chi connectivity index (χ1v) is 8.58. The van der Waals surface area contributed by atoms with Crippen molar-refractivity contribution in [2.75, 3.05) is 19.6 Å². The minimum atomic E-state index is 0.0810. The van der Waals surface area contributed by atoms with E-state index in [-0.39, 0.29) is 11.9 Å². The molecule has 0 radical (unpaired) electrons. The molecule has 1 amide bonds. The van der Waals surface area contributed by atoms with E-state index in [1.54, 1.807) is 17.5 Å². The molecule has 1 atom stereocenters. The summed E-state index contributed by atoms with van der Waals surface area (Å²) in [6, 6.07) is 0.0810. The normalized spacial score (nSPS) is 17.9. The summed E-state index contributed by atoms with van der Waals surface area (Å²) in [6.45, 7) is 5.55. The Labute approximate surface area is 125 Å². The molecule has 0 bridgehead atoms. The van der Waals surface area contributed by atoms with Crippen LogP contribution in [0.25, 0.3) is 0 Å². The van der Waals surface area contributed by atoms with Gasteiger partial charge in [0.25, 0.3) is 0 Å². The summed E-state index contributed by atoms with van der Waals surface area (Å²) in [7, 11) is 0. The molecule has 1 aromatic heterocycles. The van der Waals surface area contributed by atoms with E-state index in [1.165, 1.54) is 32.4 Å². The lowest BCUT2D eigenvalue weighted by Crippen LogP contribution is -2.32. The zero-order valence-corrected chi connectivity index (χ0v) is 13.1. The van der Waals surface area contributed by atoms with Gasteiger partial charge in [-0.25, -0.2) is 4.98 Å². The molecule has 0 saturated carbocycles. The highest BCUT2D eigenvalue weighted by Gasteiger charge is 2.15. The maximum absolute atomic E-state index is 12.0. The van der Waals surface area contributed by atoms with E-state index in [2.05, 4.69) is 22.1 Å². The van der Waals surface area contributed by atoms with E-state index in [0.717, 1.165) is 24.4 Å². The molecule has 1 saturated heterocycles. The third kappa shape index (κ3) is 4.87. The van der Waals surface area contributed by atoms with Crippen LogP contribution >= 0.6 is 11.3 Å². The maximum Gasteiger partial charge on any atom is 0.220 e. The van der Waals surface area contributed by atoms with Gasteiger partial charge in [0.2, 0.25) is 5.91 Å². The summed E-state index contributed by atoms with van der Waals surface area (Å²) in [6.07, 6.45) is 8.26. The van der Waals surface area contributed by atoms with Gasteiger partial charge in [0.05, 0.1) is 6.04 Å². The van der Waals surface area contributed by atoms with Crippen LogP contribution in [0.4, 0.5) is 0 Å². The number of nitrogens with one attached hydrogen (secondary N) is 1. The molecule has 1 N–H and O–H groups in total. The quantitative estimate of drug-likeness (QED) is 0.841. The molecule has 0 aromatic carbocycles. The Hall–Kier alpha value is -0.940. The van der Waals surface area contributed by atoms with Crippen LogP contribution in [-0.2, 0) is 4.79 Å². The number of hydrogen-bond donors (Lipinski definition) is 1. The van der Waals surface area contributed by atoms with Crippen LogP contribution in [0.1, 0.15) is 56.5 Å². The standard InChI is InChI=1S/C15H25N3OS/c1-2-13(15-16-8-12-20-15)17-14(19)7-6-11-18-9-4-3-5-10-18/h8,12-13H,2-7,9-11H2,1H3,(H,17,19). The molecule has 4 nitrogen and oxygen atoms in total. The van der Waals surface area contributed by atoms with Crippen LogP contribution in [0.2, 0.25) is 0 Å². The molecule has 1 unspecified atom stereocenters. The van der Waals surface area contributed by atoms with Crippen LogP contribution in [0.15, 0.2) is 11.6 Å². The molecule has 1 aliphatic heterocycles. The smallest absolute Gasteiger partial charge is 0.220 e. The van der Waals surface area contributed by atoms with E-state index < -0.39 is 0 Å². The van der Waals surface area contributed by atoms with E-state index in [4.69, 9.17) is 0 Å². The topological polar surface area (TPSA) is 45.2 Å². The van der Waals surface area contributed by atoms with E-state index >= 15 is 0 Å². The maximum atomic E-state index is 12.0. The minimum Gasteiger partial charge on any atom is -0.347 e. The van der Waals surface area contributed by atoms with Crippen LogP contribution in [0.3, 0.4) is 0 Å². The van der Waals surface area contributed by atoms with Crippen molar-refractivity contribution >= 4 is 17.2 Å². The molecule has 112 valence electrons. The van der Waals surface area contributed by atoms with Crippen molar-refractivity contribution in [3.05, 3.63) is 16.6 Å². The van der Waals surface area contributed by atoms with Gasteiger partial charge in [0, 0.05) is 18.0 Å². The molecule has 5 heteroatoms. The predicted octanol–water partition coefficient (Wildman–Crippen LogP) is 2.98. The summed E-state index contributed by atoms with van der Waals surface area (Å²) in [5.41, 5.74) is 0. The number of carbonyl (C=O) groups excluding carboxylic acids is 1. The lowest BCUT2D eigenvalue weighted by atomic mass is 10.1. The molecular weight excluding hydrogens is 270 g/mol. The van der Waals surface area contributed by atoms with E-state index in [1.807, 2.05) is 5.38 Å². The molecule has 1 aliphatic rings. The van der Waals surface area contributed by atoms with Crippen molar-refractivity contribution in [3.8, 4) is 0 Å². The lowest BCUT2D eigenvalue weighted by Gasteiger charge is -2.26. The number of likely N-dealkylation sites (tertiary alicyclic amines) is 1. The SMILES string of the molecule is CCC(NC(=O)CCCN1CCCCC1)c1nccs1. The summed E-state index contributed by atoms with van der Waals surface area (Å²) < 4.78 is 0. The monoisotopic (exact) mass is 295 g/mol. The van der Waals surface area contributed by atoms with Gasteiger partial charge in [0.1, 0.15) is 5.01 Å². The van der Waals surface area contributed by atoms with Gasteiger partial charge in [-0.15, -0.1) is 11.3 Å². The summed E-state index contributed by atoms with van der Waals surface area (Å²) >= 11 is 1.61. The second-order valence-electron chi connectivity index (χ2n) is 5.40. The Morgan fingerprint density at radius 2 is 2.25 bits per heavy atom. The van der Waals surface area contributed by atoms with E-state index in [0.29, 0.717) is 6.42 Å². The molecule has 0 spiro atoms. The Kier molecular flexibility index (Phi) is 6.47. The fraction of sp³-hybridized carbons (Fsp3) is 0.733. The molecule has 2 heterocycles. The van der Waals surface area contributed by atoms with Crippen molar-refractivity contribution < 1.29 is 4.79 Å². The number of rotatable bonds is 7. The van der Waals surface area contributed by atoms with Gasteiger partial charge in [-0.1, -0.05) is 13.3 Å². The number of nitrogens with zero attached hydrogens (tertiary/aromatic N) is 2. The largest absolute Gasteiger partial charge is 0.347 e. The van der Waals surface area contributed by atoms with Crippen LogP contribution in [0, 0.1) is 0 Å². The zero-order valence-electron chi connectivity index (χ0n) is 12.3. The highest BCUT2D eigenvalue weighted by molar-refractivity contribution is 7.09. The number of thiazole rings is 1. The third-order valence-electron chi connectivity index (χ3n) is 3.82. The highest BCUT2D eigenvalue weighted by atomic mass is 32.1. The van der Waals surface area contributed by atoms with Crippen molar-refractivity contribution in [1.82, 2.24) is 15.2 Å². The number of amides is 1. The van der Waals surface area contributed by atoms with Crippen molar-refractivity contribution in [3.63, 3.8) is 0 Å². The summed E-state index contributed by atoms with van der Waals surface area (Å²) in [5, 5.41) is 6.07. The van der Waals surface area contributed by atoms with Gasteiger partial charge in [-0.2, -0.15) is 0 Å². The Bertz CT molecular complexity index is 388. The fourth-order valence-corrected chi connectivity index (χ4v) is 3.43. The van der Waals surface area contributed by atoms with Crippen molar-refractivity contribution in [2.24, 2.45) is 0 Å². The number of piperidine rings is 1. The minimum absolute atomic E-state index is 0.0810. The molecule has 20 heavy (non-hydrogen) atoms. The first kappa shape index (κ1) is 15.4. The summed E-state index contributed by atoms with van der Waals surface area (Å²) in [5.74, 6) is 0.157. The first-order valence-electron chi connectivity index (χ1n) is 7.70. The second kappa shape index (κ2) is 8.37. The van der Waals surface area contributed by atoms with Gasteiger partial charge in [-0.3, -0.25) is 4.79 Å². The third-order valence-corrected chi connectivity index (χ3v) is 4.71. The summed E-state index contributed by atoms with van der Waals surface area (Å²) in [4.78, 5) is 18.8. The van der Waals surface area contributed by atoms with Crippen LogP contribution < -0.4 is 5.32 Å². The van der Waals surface area contributed by atoms with Crippen LogP contribution in [0.5, 0.6) is 0 Å². The number of aromatic nitrogens is 1. The van der Waals surface area contributed by atoms with Gasteiger partial charge in [0.15, 0.2) is 0 Å². The predicted molar refractivity (Wildman–Crippen MR) is 82.8 cm³/mol. The average molecular weight is 295 g/mol. The number of carbonyl (C=O) groups is 1. The van der Waals surface area contributed by atoms with Crippen molar-refractivity contribution in [1.29, 1.82) is 0 Å². The molecule has 2 rings (SSSR count). The first-order chi connectivity index (χ1) is 9.79. The van der Waals surface area contributed by atoms with Gasteiger partial charge in [-0.05, 0) is 45.3 Å². The van der Waals surface area contributed by atoms with E-state index in [9.17, 15) is 4.79 Å². The van der Waals surface area contributed by atoms with Crippen LogP contribution in [-0.4, -0.2) is 35.4 Å². The molecular formula is C15H25N3OS. The highest BCUT2D eigenvalue weighted by Crippen LogP contribution is 2.19. The number of hydrogen-bond acceptors (Lipinski definition) is 4. The Morgan fingerprint density at radius 3 is 2.90 bits per heavy atom. The molecule has 0 aliphatic carbocycles. The second-order valence-corrected chi connectivity index (χ2v) is 6.33.